The molecule has 0 radical (unpaired) electrons. The lowest BCUT2D eigenvalue weighted by Gasteiger charge is -2.56. The number of carbonyl (C=O) groups excluding carboxylic acids is 2. The van der Waals surface area contributed by atoms with Crippen LogP contribution >= 0.6 is 0 Å². The normalized spacial score (nSPS) is 38.3. The quantitative estimate of drug-likeness (QED) is 0.706. The van der Waals surface area contributed by atoms with Gasteiger partial charge in [0.2, 0.25) is 0 Å². The predicted octanol–water partition coefficient (Wildman–Crippen LogP) is 5.69. The van der Waals surface area contributed by atoms with Crippen molar-refractivity contribution >= 4 is 17.4 Å². The van der Waals surface area contributed by atoms with Crippen molar-refractivity contribution in [2.75, 3.05) is 5.32 Å². The molecule has 0 spiro atoms. The Bertz CT molecular complexity index is 914. The molecule has 3 nitrogen and oxygen atoms in total. The average molecular weight is 390 g/mol. The van der Waals surface area contributed by atoms with E-state index in [-0.39, 0.29) is 16.7 Å². The fraction of sp³-hybridized carbons (Fsp3) is 0.538. The van der Waals surface area contributed by atoms with Gasteiger partial charge in [0.05, 0.1) is 0 Å². The summed E-state index contributed by atoms with van der Waals surface area (Å²) < 4.78 is 0. The Morgan fingerprint density at radius 2 is 1.76 bits per heavy atom. The molecular weight excluding hydrogens is 358 g/mol. The zero-order valence-electron chi connectivity index (χ0n) is 17.5. The lowest BCUT2D eigenvalue weighted by atomic mass is 9.48. The number of hydrogen-bond donors (Lipinski definition) is 1. The number of carbonyl (C=O) groups is 2. The number of ketones is 1. The molecule has 3 heteroatoms. The van der Waals surface area contributed by atoms with Gasteiger partial charge in [0.25, 0.3) is 5.91 Å². The second-order valence-electron chi connectivity index (χ2n) is 10.1. The number of hydrogen-bond acceptors (Lipinski definition) is 2. The van der Waals surface area contributed by atoms with E-state index in [9.17, 15) is 9.59 Å². The van der Waals surface area contributed by atoms with Gasteiger partial charge < -0.3 is 5.32 Å². The summed E-state index contributed by atoms with van der Waals surface area (Å²) >= 11 is 0. The van der Waals surface area contributed by atoms with Gasteiger partial charge in [-0.25, -0.2) is 0 Å². The minimum Gasteiger partial charge on any atom is -0.322 e. The van der Waals surface area contributed by atoms with Crippen molar-refractivity contribution in [1.29, 1.82) is 0 Å². The molecule has 5 atom stereocenters. The third kappa shape index (κ3) is 2.85. The van der Waals surface area contributed by atoms with Gasteiger partial charge in [-0.15, -0.1) is 0 Å². The molecule has 1 aromatic rings. The summed E-state index contributed by atoms with van der Waals surface area (Å²) in [6.07, 6.45) is 11.6. The molecular formula is C26H31NO2. The van der Waals surface area contributed by atoms with Crippen LogP contribution in [-0.2, 0) is 9.59 Å². The van der Waals surface area contributed by atoms with Crippen LogP contribution in [0.4, 0.5) is 5.69 Å². The smallest absolute Gasteiger partial charge is 0.255 e. The van der Waals surface area contributed by atoms with Crippen LogP contribution < -0.4 is 5.32 Å². The molecule has 0 saturated heterocycles. The Hall–Kier alpha value is -2.16. The summed E-state index contributed by atoms with van der Waals surface area (Å²) in [5.41, 5.74) is 3.17. The van der Waals surface area contributed by atoms with Gasteiger partial charge in [0, 0.05) is 23.1 Å². The second kappa shape index (κ2) is 6.68. The monoisotopic (exact) mass is 389 g/mol. The van der Waals surface area contributed by atoms with Gasteiger partial charge >= 0.3 is 0 Å². The van der Waals surface area contributed by atoms with Crippen LogP contribution in [0.2, 0.25) is 0 Å². The average Bonchev–Trinajstić information content (AvgIpc) is 3.03. The zero-order valence-corrected chi connectivity index (χ0v) is 17.5. The minimum absolute atomic E-state index is 0.00881. The Labute approximate surface area is 173 Å². The van der Waals surface area contributed by atoms with Gasteiger partial charge in [0.15, 0.2) is 0 Å². The standard InChI is InChI=1S/C26H31NO2/c1-25-14-12-17(24(29)27-19-6-4-3-5-7-19)16-18(25)8-9-20-21-10-11-23(28)26(21,2)15-13-22(20)25/h3-7,12,16,20-22H,8-11,13-15H2,1-2H3,(H,27,29)/t20-,21-,22-,25-,26-/m0/s1. The van der Waals surface area contributed by atoms with E-state index in [0.717, 1.165) is 49.8 Å². The molecule has 1 amide bonds. The Kier molecular flexibility index (Phi) is 4.34. The van der Waals surface area contributed by atoms with Crippen LogP contribution in [0.5, 0.6) is 0 Å². The topological polar surface area (TPSA) is 46.2 Å². The molecule has 0 heterocycles. The van der Waals surface area contributed by atoms with Crippen molar-refractivity contribution in [2.45, 2.75) is 58.8 Å². The number of benzene rings is 1. The largest absolute Gasteiger partial charge is 0.322 e. The van der Waals surface area contributed by atoms with Crippen LogP contribution in [0.15, 0.2) is 53.6 Å². The van der Waals surface area contributed by atoms with Crippen LogP contribution in [0.1, 0.15) is 58.8 Å². The van der Waals surface area contributed by atoms with E-state index in [1.165, 1.54) is 12.0 Å². The Balaban J connectivity index is 1.37. The van der Waals surface area contributed by atoms with Crippen molar-refractivity contribution in [2.24, 2.45) is 28.6 Å². The highest BCUT2D eigenvalue weighted by atomic mass is 16.1. The van der Waals surface area contributed by atoms with Crippen LogP contribution in [0.3, 0.4) is 0 Å². The first-order valence-electron chi connectivity index (χ1n) is 11.2. The first-order chi connectivity index (χ1) is 13.9. The highest BCUT2D eigenvalue weighted by Crippen LogP contribution is 2.64. The summed E-state index contributed by atoms with van der Waals surface area (Å²) in [6, 6.07) is 9.67. The number of allylic oxidation sites excluding steroid dienone is 2. The van der Waals surface area contributed by atoms with Gasteiger partial charge in [-0.2, -0.15) is 0 Å². The lowest BCUT2D eigenvalue weighted by Crippen LogP contribution is -2.50. The highest BCUT2D eigenvalue weighted by molar-refractivity contribution is 6.06. The van der Waals surface area contributed by atoms with Crippen molar-refractivity contribution < 1.29 is 9.59 Å². The van der Waals surface area contributed by atoms with E-state index in [1.54, 1.807) is 0 Å². The number of Topliss-reactive ketones (excluding diaryl/α,β-unsaturated/α-hetero) is 1. The van der Waals surface area contributed by atoms with Gasteiger partial charge in [0.1, 0.15) is 5.78 Å². The molecule has 3 fully saturated rings. The molecule has 0 aromatic heterocycles. The minimum atomic E-state index is -0.0655. The molecule has 0 unspecified atom stereocenters. The number of amides is 1. The number of nitrogens with one attached hydrogen (secondary N) is 1. The van der Waals surface area contributed by atoms with Crippen LogP contribution in [0, 0.1) is 28.6 Å². The summed E-state index contributed by atoms with van der Waals surface area (Å²) in [5.74, 6) is 2.37. The number of para-hydroxylation sites is 1. The summed E-state index contributed by atoms with van der Waals surface area (Å²) in [6.45, 7) is 4.65. The molecule has 1 aromatic carbocycles. The molecule has 0 aliphatic heterocycles. The number of anilines is 1. The fourth-order valence-corrected chi connectivity index (χ4v) is 7.07. The Morgan fingerprint density at radius 1 is 1.00 bits per heavy atom. The van der Waals surface area contributed by atoms with E-state index in [0.29, 0.717) is 23.5 Å². The van der Waals surface area contributed by atoms with Crippen molar-refractivity contribution in [1.82, 2.24) is 0 Å². The third-order valence-corrected chi connectivity index (χ3v) is 8.81. The van der Waals surface area contributed by atoms with Crippen LogP contribution in [0.25, 0.3) is 0 Å². The molecule has 5 rings (SSSR count). The molecule has 0 bridgehead atoms. The van der Waals surface area contributed by atoms with Crippen LogP contribution in [-0.4, -0.2) is 11.7 Å². The number of fused-ring (bicyclic) bond motifs is 5. The zero-order chi connectivity index (χ0) is 20.2. The molecule has 4 aliphatic carbocycles. The van der Waals surface area contributed by atoms with E-state index in [2.05, 4.69) is 31.3 Å². The maximum Gasteiger partial charge on any atom is 0.255 e. The SMILES string of the molecule is C[C@]12CC=C(C(=O)Nc3ccccc3)C=C1CC[C@@H]1[C@@H]2CC[C@]2(C)C(=O)CC[C@@H]12. The predicted molar refractivity (Wildman–Crippen MR) is 115 cm³/mol. The summed E-state index contributed by atoms with van der Waals surface area (Å²) in [4.78, 5) is 25.4. The second-order valence-corrected chi connectivity index (χ2v) is 10.1. The molecule has 1 N–H and O–H groups in total. The van der Waals surface area contributed by atoms with Crippen molar-refractivity contribution in [3.05, 3.63) is 53.6 Å². The highest BCUT2D eigenvalue weighted by Gasteiger charge is 2.58. The van der Waals surface area contributed by atoms with Gasteiger partial charge in [-0.05, 0) is 79.9 Å². The van der Waals surface area contributed by atoms with E-state index in [1.807, 2.05) is 30.3 Å². The lowest BCUT2D eigenvalue weighted by molar-refractivity contribution is -0.132. The number of rotatable bonds is 2. The maximum atomic E-state index is 12.8. The fourth-order valence-electron chi connectivity index (χ4n) is 7.07. The molecule has 3 saturated carbocycles. The van der Waals surface area contributed by atoms with Crippen molar-refractivity contribution in [3.63, 3.8) is 0 Å². The first kappa shape index (κ1) is 18.8. The van der Waals surface area contributed by atoms with Crippen molar-refractivity contribution in [3.8, 4) is 0 Å². The molecule has 4 aliphatic rings. The van der Waals surface area contributed by atoms with E-state index >= 15 is 0 Å². The van der Waals surface area contributed by atoms with E-state index in [4.69, 9.17) is 0 Å². The molecule has 152 valence electrons. The van der Waals surface area contributed by atoms with Gasteiger partial charge in [-0.1, -0.05) is 43.7 Å². The van der Waals surface area contributed by atoms with Gasteiger partial charge in [-0.3, -0.25) is 9.59 Å². The summed E-state index contributed by atoms with van der Waals surface area (Å²) in [5, 5.41) is 3.03. The molecule has 29 heavy (non-hydrogen) atoms. The third-order valence-electron chi connectivity index (χ3n) is 8.81. The maximum absolute atomic E-state index is 12.8. The van der Waals surface area contributed by atoms with E-state index < -0.39 is 0 Å². The first-order valence-corrected chi connectivity index (χ1v) is 11.2. The Morgan fingerprint density at radius 3 is 2.55 bits per heavy atom. The summed E-state index contributed by atoms with van der Waals surface area (Å²) in [7, 11) is 0.